The Bertz CT molecular complexity index is 841. The highest BCUT2D eigenvalue weighted by molar-refractivity contribution is 9.10. The summed E-state index contributed by atoms with van der Waals surface area (Å²) in [7, 11) is 0. The fourth-order valence-corrected chi connectivity index (χ4v) is 2.60. The van der Waals surface area contributed by atoms with Crippen molar-refractivity contribution in [1.29, 1.82) is 0 Å². The first-order valence-electron chi connectivity index (χ1n) is 7.39. The summed E-state index contributed by atoms with van der Waals surface area (Å²) in [6.45, 7) is 2.64. The normalized spacial score (nSPS) is 10.7. The predicted molar refractivity (Wildman–Crippen MR) is 94.1 cm³/mol. The molecule has 0 fully saturated rings. The Morgan fingerprint density at radius 3 is 2.87 bits per heavy atom. The van der Waals surface area contributed by atoms with Crippen LogP contribution < -0.4 is 10.1 Å². The van der Waals surface area contributed by atoms with E-state index in [1.54, 1.807) is 6.07 Å². The Morgan fingerprint density at radius 2 is 2.04 bits per heavy atom. The molecule has 1 aromatic heterocycles. The zero-order chi connectivity index (χ0) is 16.2. The largest absolute Gasteiger partial charge is 0.491 e. The molecule has 0 atom stereocenters. The molecule has 23 heavy (non-hydrogen) atoms. The molecule has 0 saturated carbocycles. The average Bonchev–Trinajstić information content (AvgIpc) is 2.97. The topological polar surface area (TPSA) is 51.5 Å². The summed E-state index contributed by atoms with van der Waals surface area (Å²) >= 11 is 3.41. The molecule has 0 bridgehead atoms. The Hall–Kier alpha value is -2.27. The fraction of sp³-hybridized carbons (Fsp3) is 0.167. The van der Waals surface area contributed by atoms with Crippen LogP contribution >= 0.6 is 15.9 Å². The highest BCUT2D eigenvalue weighted by Gasteiger charge is 2.14. The molecule has 0 aliphatic carbocycles. The molecule has 0 unspecified atom stereocenters. The SMILES string of the molecule is CCCOc1ccccc1NC(=O)c1cc2cc(Br)ccc2o1. The minimum absolute atomic E-state index is 0.267. The van der Waals surface area contributed by atoms with Crippen molar-refractivity contribution in [2.45, 2.75) is 13.3 Å². The average molecular weight is 374 g/mol. The van der Waals surface area contributed by atoms with E-state index in [9.17, 15) is 4.79 Å². The van der Waals surface area contributed by atoms with Crippen molar-refractivity contribution in [2.75, 3.05) is 11.9 Å². The number of furan rings is 1. The molecule has 2 aromatic carbocycles. The van der Waals surface area contributed by atoms with Crippen molar-refractivity contribution in [3.63, 3.8) is 0 Å². The molecular formula is C18H16BrNO3. The minimum Gasteiger partial charge on any atom is -0.491 e. The van der Waals surface area contributed by atoms with Gasteiger partial charge in [0.05, 0.1) is 12.3 Å². The van der Waals surface area contributed by atoms with Crippen LogP contribution in [-0.2, 0) is 0 Å². The van der Waals surface area contributed by atoms with Crippen molar-refractivity contribution in [3.8, 4) is 5.75 Å². The van der Waals surface area contributed by atoms with Gasteiger partial charge >= 0.3 is 0 Å². The molecule has 3 aromatic rings. The molecule has 5 heteroatoms. The van der Waals surface area contributed by atoms with Gasteiger partial charge in [-0.15, -0.1) is 0 Å². The Labute approximate surface area is 142 Å². The lowest BCUT2D eigenvalue weighted by atomic mass is 10.2. The number of para-hydroxylation sites is 2. The zero-order valence-electron chi connectivity index (χ0n) is 12.6. The van der Waals surface area contributed by atoms with Crippen molar-refractivity contribution in [2.24, 2.45) is 0 Å². The third-order valence-electron chi connectivity index (χ3n) is 3.30. The predicted octanol–water partition coefficient (Wildman–Crippen LogP) is 5.24. The van der Waals surface area contributed by atoms with E-state index in [1.807, 2.05) is 49.4 Å². The molecule has 4 nitrogen and oxygen atoms in total. The lowest BCUT2D eigenvalue weighted by Gasteiger charge is -2.10. The van der Waals surface area contributed by atoms with Gasteiger partial charge in [0.2, 0.25) is 0 Å². The summed E-state index contributed by atoms with van der Waals surface area (Å²) in [6, 6.07) is 14.7. The van der Waals surface area contributed by atoms with Gasteiger partial charge in [-0.3, -0.25) is 4.79 Å². The first-order valence-corrected chi connectivity index (χ1v) is 8.19. The zero-order valence-corrected chi connectivity index (χ0v) is 14.2. The minimum atomic E-state index is -0.301. The maximum absolute atomic E-state index is 12.4. The van der Waals surface area contributed by atoms with Crippen LogP contribution in [-0.4, -0.2) is 12.5 Å². The van der Waals surface area contributed by atoms with Gasteiger partial charge in [0, 0.05) is 9.86 Å². The number of carbonyl (C=O) groups is 1. The number of fused-ring (bicyclic) bond motifs is 1. The number of nitrogens with one attached hydrogen (secondary N) is 1. The van der Waals surface area contributed by atoms with E-state index in [2.05, 4.69) is 21.2 Å². The molecule has 1 heterocycles. The smallest absolute Gasteiger partial charge is 0.291 e. The molecule has 0 radical (unpaired) electrons. The summed E-state index contributed by atoms with van der Waals surface area (Å²) in [5.74, 6) is 0.620. The van der Waals surface area contributed by atoms with Crippen molar-refractivity contribution >= 4 is 38.5 Å². The van der Waals surface area contributed by atoms with E-state index in [4.69, 9.17) is 9.15 Å². The van der Waals surface area contributed by atoms with Gasteiger partial charge in [-0.1, -0.05) is 35.0 Å². The summed E-state index contributed by atoms with van der Waals surface area (Å²) in [4.78, 5) is 12.4. The molecule has 0 aliphatic rings. The van der Waals surface area contributed by atoms with Crippen LogP contribution in [0.15, 0.2) is 57.4 Å². The van der Waals surface area contributed by atoms with E-state index in [1.165, 1.54) is 0 Å². The number of hydrogen-bond acceptors (Lipinski definition) is 3. The van der Waals surface area contributed by atoms with E-state index in [0.717, 1.165) is 16.3 Å². The number of benzene rings is 2. The highest BCUT2D eigenvalue weighted by atomic mass is 79.9. The third kappa shape index (κ3) is 3.56. The molecular weight excluding hydrogens is 358 g/mol. The molecule has 1 amide bonds. The van der Waals surface area contributed by atoms with Crippen molar-refractivity contribution in [3.05, 3.63) is 58.8 Å². The molecule has 1 N–H and O–H groups in total. The lowest BCUT2D eigenvalue weighted by Crippen LogP contribution is -2.12. The molecule has 0 spiro atoms. The molecule has 0 aliphatic heterocycles. The number of halogens is 1. The van der Waals surface area contributed by atoms with E-state index < -0.39 is 0 Å². The van der Waals surface area contributed by atoms with Gasteiger partial charge in [-0.25, -0.2) is 0 Å². The Kier molecular flexibility index (Phi) is 4.67. The maximum atomic E-state index is 12.4. The summed E-state index contributed by atoms with van der Waals surface area (Å²) in [6.07, 6.45) is 0.904. The lowest BCUT2D eigenvalue weighted by molar-refractivity contribution is 0.0998. The molecule has 3 rings (SSSR count). The van der Waals surface area contributed by atoms with Crippen molar-refractivity contribution in [1.82, 2.24) is 0 Å². The second kappa shape index (κ2) is 6.87. The standard InChI is InChI=1S/C18H16BrNO3/c1-2-9-22-16-6-4-3-5-14(16)20-18(21)17-11-12-10-13(19)7-8-15(12)23-17/h3-8,10-11H,2,9H2,1H3,(H,20,21). The fourth-order valence-electron chi connectivity index (χ4n) is 2.22. The number of amides is 1. The molecule has 0 saturated heterocycles. The number of rotatable bonds is 5. The van der Waals surface area contributed by atoms with Gasteiger partial charge in [0.1, 0.15) is 11.3 Å². The van der Waals surface area contributed by atoms with Gasteiger partial charge in [0.25, 0.3) is 5.91 Å². The number of anilines is 1. The van der Waals surface area contributed by atoms with Crippen LogP contribution in [0.1, 0.15) is 23.9 Å². The second-order valence-corrected chi connectivity index (χ2v) is 6.01. The third-order valence-corrected chi connectivity index (χ3v) is 3.79. The van der Waals surface area contributed by atoms with Gasteiger partial charge < -0.3 is 14.5 Å². The van der Waals surface area contributed by atoms with Crippen LogP contribution in [0.25, 0.3) is 11.0 Å². The summed E-state index contributed by atoms with van der Waals surface area (Å²) in [5.41, 5.74) is 1.31. The Balaban J connectivity index is 1.83. The highest BCUT2D eigenvalue weighted by Crippen LogP contribution is 2.27. The quantitative estimate of drug-likeness (QED) is 0.665. The van der Waals surface area contributed by atoms with Gasteiger partial charge in [0.15, 0.2) is 5.76 Å². The second-order valence-electron chi connectivity index (χ2n) is 5.09. The number of ether oxygens (including phenoxy) is 1. The van der Waals surface area contributed by atoms with E-state index in [0.29, 0.717) is 23.6 Å². The van der Waals surface area contributed by atoms with Crippen LogP contribution in [0.4, 0.5) is 5.69 Å². The summed E-state index contributed by atoms with van der Waals surface area (Å²) in [5, 5.41) is 3.72. The van der Waals surface area contributed by atoms with E-state index in [-0.39, 0.29) is 11.7 Å². The first kappa shape index (κ1) is 15.6. The number of hydrogen-bond donors (Lipinski definition) is 1. The van der Waals surface area contributed by atoms with Crippen LogP contribution in [0.2, 0.25) is 0 Å². The summed E-state index contributed by atoms with van der Waals surface area (Å²) < 4.78 is 12.2. The van der Waals surface area contributed by atoms with E-state index >= 15 is 0 Å². The van der Waals surface area contributed by atoms with Gasteiger partial charge in [-0.05, 0) is 42.8 Å². The maximum Gasteiger partial charge on any atom is 0.291 e. The van der Waals surface area contributed by atoms with Gasteiger partial charge in [-0.2, -0.15) is 0 Å². The van der Waals surface area contributed by atoms with Crippen LogP contribution in [0, 0.1) is 0 Å². The monoisotopic (exact) mass is 373 g/mol. The van der Waals surface area contributed by atoms with Crippen LogP contribution in [0.5, 0.6) is 5.75 Å². The Morgan fingerprint density at radius 1 is 1.22 bits per heavy atom. The number of carbonyl (C=O) groups excluding carboxylic acids is 1. The van der Waals surface area contributed by atoms with Crippen molar-refractivity contribution < 1.29 is 13.9 Å². The molecule has 118 valence electrons. The first-order chi connectivity index (χ1) is 11.2. The van der Waals surface area contributed by atoms with Crippen LogP contribution in [0.3, 0.4) is 0 Å².